The topological polar surface area (TPSA) is 3.24 Å². The van der Waals surface area contributed by atoms with Gasteiger partial charge in [-0.25, -0.2) is 0 Å². The molecule has 0 amide bonds. The van der Waals surface area contributed by atoms with Crippen LogP contribution in [0.15, 0.2) is 11.8 Å². The fraction of sp³-hybridized carbons (Fsp3) is 0.846. The third-order valence-electron chi connectivity index (χ3n) is 2.56. The highest BCUT2D eigenvalue weighted by Gasteiger charge is 2.02. The number of rotatable bonds is 8. The third-order valence-corrected chi connectivity index (χ3v) is 2.56. The van der Waals surface area contributed by atoms with Crippen molar-refractivity contribution in [3.63, 3.8) is 0 Å². The number of unbranched alkanes of at least 4 members (excludes halogenated alkanes) is 2. The minimum atomic E-state index is 1.15. The molecular formula is C13H27N. The van der Waals surface area contributed by atoms with Crippen molar-refractivity contribution in [3.8, 4) is 0 Å². The van der Waals surface area contributed by atoms with Crippen LogP contribution in [0.25, 0.3) is 0 Å². The van der Waals surface area contributed by atoms with Gasteiger partial charge in [-0.3, -0.25) is 0 Å². The largest absolute Gasteiger partial charge is 0.375 e. The quantitative estimate of drug-likeness (QED) is 0.563. The second kappa shape index (κ2) is 9.11. The van der Waals surface area contributed by atoms with E-state index in [4.69, 9.17) is 0 Å². The Morgan fingerprint density at radius 2 is 1.50 bits per heavy atom. The van der Waals surface area contributed by atoms with Gasteiger partial charge in [0.15, 0.2) is 0 Å². The molecule has 0 radical (unpaired) electrons. The highest BCUT2D eigenvalue weighted by Crippen LogP contribution is 2.08. The Bertz CT molecular complexity index is 141. The van der Waals surface area contributed by atoms with Crippen LogP contribution >= 0.6 is 0 Å². The third kappa shape index (κ3) is 6.06. The molecule has 0 bridgehead atoms. The fourth-order valence-electron chi connectivity index (χ4n) is 1.59. The first kappa shape index (κ1) is 13.5. The molecule has 0 aliphatic heterocycles. The highest BCUT2D eigenvalue weighted by atomic mass is 15.1. The van der Waals surface area contributed by atoms with E-state index in [1.807, 2.05) is 0 Å². The lowest BCUT2D eigenvalue weighted by Gasteiger charge is -2.25. The van der Waals surface area contributed by atoms with Crippen molar-refractivity contribution in [2.75, 3.05) is 13.1 Å². The monoisotopic (exact) mass is 197 g/mol. The van der Waals surface area contributed by atoms with E-state index in [1.165, 1.54) is 44.5 Å². The lowest BCUT2D eigenvalue weighted by Crippen LogP contribution is -2.24. The first-order valence-electron chi connectivity index (χ1n) is 6.17. The molecule has 0 rings (SSSR count). The van der Waals surface area contributed by atoms with Crippen molar-refractivity contribution in [2.24, 2.45) is 0 Å². The minimum Gasteiger partial charge on any atom is -0.375 e. The molecule has 0 aromatic carbocycles. The van der Waals surface area contributed by atoms with Gasteiger partial charge in [-0.15, -0.1) is 0 Å². The van der Waals surface area contributed by atoms with Crippen molar-refractivity contribution in [3.05, 3.63) is 11.8 Å². The number of nitrogens with zero attached hydrogens (tertiary/aromatic N) is 1. The number of hydrogen-bond donors (Lipinski definition) is 0. The van der Waals surface area contributed by atoms with Crippen LogP contribution in [0.1, 0.15) is 59.8 Å². The summed E-state index contributed by atoms with van der Waals surface area (Å²) in [5.41, 5.74) is 1.47. The second-order valence-corrected chi connectivity index (χ2v) is 3.95. The maximum absolute atomic E-state index is 2.54. The maximum Gasteiger partial charge on any atom is 0.0174 e. The molecule has 0 saturated heterocycles. The predicted octanol–water partition coefficient (Wildman–Crippen LogP) is 4.20. The van der Waals surface area contributed by atoms with Crippen molar-refractivity contribution in [1.29, 1.82) is 0 Å². The molecule has 0 N–H and O–H groups in total. The van der Waals surface area contributed by atoms with Gasteiger partial charge in [0, 0.05) is 18.8 Å². The number of hydrogen-bond acceptors (Lipinski definition) is 1. The average molecular weight is 197 g/mol. The highest BCUT2D eigenvalue weighted by molar-refractivity contribution is 4.96. The zero-order valence-corrected chi connectivity index (χ0v) is 10.5. The van der Waals surface area contributed by atoms with E-state index in [1.54, 1.807) is 0 Å². The summed E-state index contributed by atoms with van der Waals surface area (Å²) in [6.07, 6.45) is 8.72. The number of allylic oxidation sites excluding steroid dienone is 2. The van der Waals surface area contributed by atoms with Crippen LogP contribution < -0.4 is 0 Å². The molecule has 1 nitrogen and oxygen atoms in total. The minimum absolute atomic E-state index is 1.15. The summed E-state index contributed by atoms with van der Waals surface area (Å²) in [5.74, 6) is 0. The first-order valence-corrected chi connectivity index (χ1v) is 6.17. The molecule has 0 fully saturated rings. The summed E-state index contributed by atoms with van der Waals surface area (Å²) in [4.78, 5) is 2.54. The first-order chi connectivity index (χ1) is 6.76. The summed E-state index contributed by atoms with van der Waals surface area (Å²) in [6, 6.07) is 0. The lowest BCUT2D eigenvalue weighted by molar-refractivity contribution is 0.331. The Kier molecular flexibility index (Phi) is 8.81. The lowest BCUT2D eigenvalue weighted by atomic mass is 10.2. The van der Waals surface area contributed by atoms with Crippen LogP contribution in [0.4, 0.5) is 0 Å². The second-order valence-electron chi connectivity index (χ2n) is 3.95. The maximum atomic E-state index is 2.54. The summed E-state index contributed by atoms with van der Waals surface area (Å²) >= 11 is 0. The van der Waals surface area contributed by atoms with E-state index in [2.05, 4.69) is 38.7 Å². The van der Waals surface area contributed by atoms with Gasteiger partial charge in [0.2, 0.25) is 0 Å². The Hall–Kier alpha value is -0.460. The molecule has 0 spiro atoms. The van der Waals surface area contributed by atoms with E-state index in [-0.39, 0.29) is 0 Å². The molecule has 0 atom stereocenters. The molecule has 84 valence electrons. The molecule has 0 aromatic rings. The van der Waals surface area contributed by atoms with Gasteiger partial charge in [-0.05, 0) is 26.2 Å². The molecule has 0 aliphatic rings. The van der Waals surface area contributed by atoms with Gasteiger partial charge in [0.25, 0.3) is 0 Å². The molecule has 1 heteroatoms. The summed E-state index contributed by atoms with van der Waals surface area (Å²) in [6.45, 7) is 11.4. The predicted molar refractivity (Wildman–Crippen MR) is 65.4 cm³/mol. The van der Waals surface area contributed by atoms with Crippen LogP contribution in [0.5, 0.6) is 0 Å². The van der Waals surface area contributed by atoms with Gasteiger partial charge in [-0.2, -0.15) is 0 Å². The zero-order valence-electron chi connectivity index (χ0n) is 10.5. The van der Waals surface area contributed by atoms with Gasteiger partial charge in [0.1, 0.15) is 0 Å². The van der Waals surface area contributed by atoms with Crippen LogP contribution in [0.2, 0.25) is 0 Å². The van der Waals surface area contributed by atoms with E-state index in [9.17, 15) is 0 Å². The smallest absolute Gasteiger partial charge is 0.0174 e. The van der Waals surface area contributed by atoms with Gasteiger partial charge in [0.05, 0.1) is 0 Å². The molecule has 0 aromatic heterocycles. The Balaban J connectivity index is 4.01. The van der Waals surface area contributed by atoms with Gasteiger partial charge in [-0.1, -0.05) is 39.7 Å². The van der Waals surface area contributed by atoms with Crippen LogP contribution in [0, 0.1) is 0 Å². The molecular weight excluding hydrogens is 170 g/mol. The van der Waals surface area contributed by atoms with E-state index < -0.39 is 0 Å². The Morgan fingerprint density at radius 3 is 1.86 bits per heavy atom. The van der Waals surface area contributed by atoms with Gasteiger partial charge >= 0.3 is 0 Å². The molecule has 0 heterocycles. The fourth-order valence-corrected chi connectivity index (χ4v) is 1.59. The summed E-state index contributed by atoms with van der Waals surface area (Å²) in [5, 5.41) is 0. The van der Waals surface area contributed by atoms with Crippen LogP contribution in [-0.2, 0) is 0 Å². The SMILES string of the molecule is CCC=C(C)N(CCCC)CCCC. The van der Waals surface area contributed by atoms with Crippen molar-refractivity contribution < 1.29 is 0 Å². The van der Waals surface area contributed by atoms with Crippen LogP contribution in [0.3, 0.4) is 0 Å². The molecule has 0 saturated carbocycles. The van der Waals surface area contributed by atoms with Crippen molar-refractivity contribution in [1.82, 2.24) is 4.90 Å². The van der Waals surface area contributed by atoms with Crippen LogP contribution in [-0.4, -0.2) is 18.0 Å². The Morgan fingerprint density at radius 1 is 1.00 bits per heavy atom. The molecule has 14 heavy (non-hydrogen) atoms. The normalized spacial score (nSPS) is 11.9. The van der Waals surface area contributed by atoms with Crippen molar-refractivity contribution in [2.45, 2.75) is 59.8 Å². The van der Waals surface area contributed by atoms with Gasteiger partial charge < -0.3 is 4.90 Å². The van der Waals surface area contributed by atoms with E-state index >= 15 is 0 Å². The van der Waals surface area contributed by atoms with E-state index in [0.717, 1.165) is 6.42 Å². The molecule has 0 unspecified atom stereocenters. The molecule has 0 aliphatic carbocycles. The average Bonchev–Trinajstić information content (AvgIpc) is 2.18. The summed E-state index contributed by atoms with van der Waals surface area (Å²) < 4.78 is 0. The van der Waals surface area contributed by atoms with Crippen molar-refractivity contribution >= 4 is 0 Å². The standard InChI is InChI=1S/C13H27N/c1-5-8-11-14(12-9-6-2)13(4)10-7-3/h10H,5-9,11-12H2,1-4H3. The Labute approximate surface area is 90.2 Å². The summed E-state index contributed by atoms with van der Waals surface area (Å²) in [7, 11) is 0. The van der Waals surface area contributed by atoms with E-state index in [0.29, 0.717) is 0 Å². The zero-order chi connectivity index (χ0) is 10.8.